The summed E-state index contributed by atoms with van der Waals surface area (Å²) >= 11 is 3.69. The van der Waals surface area contributed by atoms with Crippen molar-refractivity contribution in [2.24, 2.45) is 0 Å². The third kappa shape index (κ3) is 2.69. The van der Waals surface area contributed by atoms with E-state index in [2.05, 4.69) is 101 Å². The van der Waals surface area contributed by atoms with E-state index >= 15 is 0 Å². The van der Waals surface area contributed by atoms with Gasteiger partial charge in [-0.3, -0.25) is 0 Å². The smallest absolute Gasteiger partial charge is 0.0254 e. The standard InChI is InChI=1S/C22H15Br/c23-22-14-13-18(15-21(22)17-7-2-1-3-8-17)20-12-6-10-16-9-4-5-11-19(16)20/h1-15H. The molecule has 0 heterocycles. The molecule has 0 saturated carbocycles. The second-order valence-electron chi connectivity index (χ2n) is 5.59. The first kappa shape index (κ1) is 14.2. The Labute approximate surface area is 144 Å². The highest BCUT2D eigenvalue weighted by atomic mass is 79.9. The Morgan fingerprint density at radius 2 is 1.26 bits per heavy atom. The van der Waals surface area contributed by atoms with Gasteiger partial charge in [-0.25, -0.2) is 0 Å². The van der Waals surface area contributed by atoms with Gasteiger partial charge in [0, 0.05) is 4.47 Å². The van der Waals surface area contributed by atoms with Gasteiger partial charge in [-0.05, 0) is 45.2 Å². The summed E-state index contributed by atoms with van der Waals surface area (Å²) in [5.74, 6) is 0. The fourth-order valence-electron chi connectivity index (χ4n) is 3.01. The Morgan fingerprint density at radius 1 is 0.522 bits per heavy atom. The summed E-state index contributed by atoms with van der Waals surface area (Å²) in [5.41, 5.74) is 4.95. The monoisotopic (exact) mass is 358 g/mol. The lowest BCUT2D eigenvalue weighted by atomic mass is 9.95. The maximum Gasteiger partial charge on any atom is 0.0254 e. The summed E-state index contributed by atoms with van der Waals surface area (Å²) in [6, 6.07) is 32.1. The molecule has 110 valence electrons. The summed E-state index contributed by atoms with van der Waals surface area (Å²) in [6.45, 7) is 0. The molecule has 0 aromatic heterocycles. The number of benzene rings is 4. The van der Waals surface area contributed by atoms with Crippen LogP contribution in [0.1, 0.15) is 0 Å². The molecule has 4 aromatic carbocycles. The van der Waals surface area contributed by atoms with Crippen LogP contribution in [0, 0.1) is 0 Å². The quantitative estimate of drug-likeness (QED) is 0.364. The molecule has 4 aromatic rings. The van der Waals surface area contributed by atoms with Gasteiger partial charge in [0.1, 0.15) is 0 Å². The molecular weight excluding hydrogens is 344 g/mol. The Kier molecular flexibility index (Phi) is 3.72. The van der Waals surface area contributed by atoms with Gasteiger partial charge in [0.25, 0.3) is 0 Å². The van der Waals surface area contributed by atoms with Crippen molar-refractivity contribution in [3.8, 4) is 22.3 Å². The van der Waals surface area contributed by atoms with Crippen LogP contribution in [0.25, 0.3) is 33.0 Å². The normalized spacial score (nSPS) is 10.8. The highest BCUT2D eigenvalue weighted by Gasteiger charge is 2.08. The van der Waals surface area contributed by atoms with Crippen LogP contribution in [0.5, 0.6) is 0 Å². The van der Waals surface area contributed by atoms with Gasteiger partial charge in [-0.1, -0.05) is 94.8 Å². The SMILES string of the molecule is Brc1ccc(-c2cccc3ccccc23)cc1-c1ccccc1. The van der Waals surface area contributed by atoms with E-state index in [-0.39, 0.29) is 0 Å². The summed E-state index contributed by atoms with van der Waals surface area (Å²) in [5, 5.41) is 2.56. The van der Waals surface area contributed by atoms with Crippen molar-refractivity contribution in [2.75, 3.05) is 0 Å². The van der Waals surface area contributed by atoms with E-state index in [1.807, 2.05) is 6.07 Å². The van der Waals surface area contributed by atoms with E-state index in [0.29, 0.717) is 0 Å². The van der Waals surface area contributed by atoms with Crippen LogP contribution in [0.2, 0.25) is 0 Å². The summed E-state index contributed by atoms with van der Waals surface area (Å²) in [6.07, 6.45) is 0. The topological polar surface area (TPSA) is 0 Å². The lowest BCUT2D eigenvalue weighted by Crippen LogP contribution is -1.85. The third-order valence-corrected chi connectivity index (χ3v) is 4.84. The Morgan fingerprint density at radius 3 is 2.13 bits per heavy atom. The van der Waals surface area contributed by atoms with Crippen LogP contribution in [0.15, 0.2) is 95.5 Å². The number of halogens is 1. The first-order chi connectivity index (χ1) is 11.3. The fourth-order valence-corrected chi connectivity index (χ4v) is 3.48. The first-order valence-electron chi connectivity index (χ1n) is 7.66. The van der Waals surface area contributed by atoms with Crippen molar-refractivity contribution in [1.29, 1.82) is 0 Å². The summed E-state index contributed by atoms with van der Waals surface area (Å²) < 4.78 is 1.12. The molecular formula is C22H15Br. The lowest BCUT2D eigenvalue weighted by Gasteiger charge is -2.11. The van der Waals surface area contributed by atoms with Crippen molar-refractivity contribution in [3.05, 3.63) is 95.5 Å². The van der Waals surface area contributed by atoms with Gasteiger partial charge in [-0.15, -0.1) is 0 Å². The first-order valence-corrected chi connectivity index (χ1v) is 8.45. The van der Waals surface area contributed by atoms with Crippen LogP contribution in [0.3, 0.4) is 0 Å². The van der Waals surface area contributed by atoms with Gasteiger partial charge in [0.15, 0.2) is 0 Å². The van der Waals surface area contributed by atoms with Gasteiger partial charge >= 0.3 is 0 Å². The minimum atomic E-state index is 1.12. The van der Waals surface area contributed by atoms with Crippen molar-refractivity contribution in [2.45, 2.75) is 0 Å². The molecule has 4 rings (SSSR count). The van der Waals surface area contributed by atoms with Gasteiger partial charge in [-0.2, -0.15) is 0 Å². The summed E-state index contributed by atoms with van der Waals surface area (Å²) in [4.78, 5) is 0. The van der Waals surface area contributed by atoms with Crippen LogP contribution >= 0.6 is 15.9 Å². The molecule has 0 saturated heterocycles. The molecule has 0 aliphatic heterocycles. The zero-order valence-corrected chi connectivity index (χ0v) is 14.1. The van der Waals surface area contributed by atoms with Crippen LogP contribution in [-0.2, 0) is 0 Å². The van der Waals surface area contributed by atoms with E-state index < -0.39 is 0 Å². The van der Waals surface area contributed by atoms with Gasteiger partial charge < -0.3 is 0 Å². The number of hydrogen-bond donors (Lipinski definition) is 0. The van der Waals surface area contributed by atoms with Crippen molar-refractivity contribution >= 4 is 26.7 Å². The van der Waals surface area contributed by atoms with Gasteiger partial charge in [0.2, 0.25) is 0 Å². The highest BCUT2D eigenvalue weighted by molar-refractivity contribution is 9.10. The largest absolute Gasteiger partial charge is 0.0622 e. The zero-order chi connectivity index (χ0) is 15.6. The predicted molar refractivity (Wildman–Crippen MR) is 103 cm³/mol. The highest BCUT2D eigenvalue weighted by Crippen LogP contribution is 2.35. The van der Waals surface area contributed by atoms with E-state index in [9.17, 15) is 0 Å². The molecule has 0 unspecified atom stereocenters. The van der Waals surface area contributed by atoms with E-state index in [4.69, 9.17) is 0 Å². The average Bonchev–Trinajstić information content (AvgIpc) is 2.62. The van der Waals surface area contributed by atoms with Crippen LogP contribution in [0.4, 0.5) is 0 Å². The van der Waals surface area contributed by atoms with Crippen LogP contribution in [-0.4, -0.2) is 0 Å². The molecule has 0 radical (unpaired) electrons. The predicted octanol–water partition coefficient (Wildman–Crippen LogP) is 6.94. The molecule has 0 fully saturated rings. The molecule has 0 atom stereocenters. The molecule has 0 aliphatic rings. The maximum absolute atomic E-state index is 3.69. The molecule has 0 bridgehead atoms. The molecule has 0 amide bonds. The second-order valence-corrected chi connectivity index (χ2v) is 6.44. The Bertz CT molecular complexity index is 966. The second kappa shape index (κ2) is 6.02. The lowest BCUT2D eigenvalue weighted by molar-refractivity contribution is 1.57. The minimum Gasteiger partial charge on any atom is -0.0622 e. The number of rotatable bonds is 2. The third-order valence-electron chi connectivity index (χ3n) is 4.15. The zero-order valence-electron chi connectivity index (χ0n) is 12.5. The molecule has 0 spiro atoms. The molecule has 23 heavy (non-hydrogen) atoms. The Balaban J connectivity index is 1.93. The molecule has 0 nitrogen and oxygen atoms in total. The van der Waals surface area contributed by atoms with Crippen LogP contribution < -0.4 is 0 Å². The van der Waals surface area contributed by atoms with E-state index in [0.717, 1.165) is 4.47 Å². The number of fused-ring (bicyclic) bond motifs is 1. The minimum absolute atomic E-state index is 1.12. The average molecular weight is 359 g/mol. The molecule has 0 N–H and O–H groups in total. The van der Waals surface area contributed by atoms with Crippen molar-refractivity contribution in [3.63, 3.8) is 0 Å². The summed E-state index contributed by atoms with van der Waals surface area (Å²) in [7, 11) is 0. The van der Waals surface area contributed by atoms with Gasteiger partial charge in [0.05, 0.1) is 0 Å². The molecule has 1 heteroatoms. The fraction of sp³-hybridized carbons (Fsp3) is 0. The maximum atomic E-state index is 3.69. The van der Waals surface area contributed by atoms with E-state index in [1.165, 1.54) is 33.0 Å². The van der Waals surface area contributed by atoms with Crippen molar-refractivity contribution < 1.29 is 0 Å². The number of hydrogen-bond acceptors (Lipinski definition) is 0. The molecule has 0 aliphatic carbocycles. The van der Waals surface area contributed by atoms with Crippen molar-refractivity contribution in [1.82, 2.24) is 0 Å². The Hall–Kier alpha value is -2.38. The van der Waals surface area contributed by atoms with E-state index in [1.54, 1.807) is 0 Å².